The van der Waals surface area contributed by atoms with Crippen molar-refractivity contribution in [1.82, 2.24) is 9.62 Å². The van der Waals surface area contributed by atoms with E-state index in [4.69, 9.17) is 0 Å². The average molecular weight is 394 g/mol. The number of carbonyl (C=O) groups excluding carboxylic acids is 1. The monoisotopic (exact) mass is 393 g/mol. The van der Waals surface area contributed by atoms with Gasteiger partial charge in [0.2, 0.25) is 5.91 Å². The summed E-state index contributed by atoms with van der Waals surface area (Å²) in [4.78, 5) is 16.5. The van der Waals surface area contributed by atoms with E-state index >= 15 is 0 Å². The van der Waals surface area contributed by atoms with Crippen LogP contribution in [-0.4, -0.2) is 51.4 Å². The molecule has 3 rings (SSSR count). The molecule has 26 heavy (non-hydrogen) atoms. The van der Waals surface area contributed by atoms with Gasteiger partial charge in [-0.3, -0.25) is 4.79 Å². The fourth-order valence-corrected chi connectivity index (χ4v) is 5.14. The molecule has 1 aliphatic heterocycles. The van der Waals surface area contributed by atoms with Crippen LogP contribution in [0.2, 0.25) is 0 Å². The highest BCUT2D eigenvalue weighted by molar-refractivity contribution is 7.91. The number of sulfonamides is 1. The number of nitrogens with zero attached hydrogens (tertiary/aromatic N) is 2. The van der Waals surface area contributed by atoms with Crippen molar-refractivity contribution in [2.45, 2.75) is 24.1 Å². The molecule has 0 saturated carbocycles. The molecule has 1 unspecified atom stereocenters. The fraction of sp³-hybridized carbons (Fsp3) is 0.389. The van der Waals surface area contributed by atoms with Gasteiger partial charge in [0.05, 0.1) is 6.54 Å². The minimum absolute atomic E-state index is 0.170. The molecule has 1 N–H and O–H groups in total. The van der Waals surface area contributed by atoms with Crippen LogP contribution in [0.25, 0.3) is 0 Å². The lowest BCUT2D eigenvalue weighted by molar-refractivity contribution is -0.130. The van der Waals surface area contributed by atoms with E-state index in [1.54, 1.807) is 16.3 Å². The Morgan fingerprint density at radius 3 is 2.73 bits per heavy atom. The summed E-state index contributed by atoms with van der Waals surface area (Å²) in [7, 11) is -3.61. The summed E-state index contributed by atoms with van der Waals surface area (Å²) in [6.07, 6.45) is 0. The first-order valence-electron chi connectivity index (χ1n) is 8.51. The van der Waals surface area contributed by atoms with Gasteiger partial charge in [-0.05, 0) is 43.0 Å². The maximum atomic E-state index is 12.4. The predicted molar refractivity (Wildman–Crippen MR) is 104 cm³/mol. The summed E-state index contributed by atoms with van der Waals surface area (Å²) in [5.41, 5.74) is 2.36. The third kappa shape index (κ3) is 4.25. The summed E-state index contributed by atoms with van der Waals surface area (Å²) in [5, 5.41) is 1.70. The van der Waals surface area contributed by atoms with Crippen LogP contribution in [0, 0.1) is 6.92 Å². The molecule has 140 valence electrons. The Balaban J connectivity index is 1.57. The molecule has 1 amide bonds. The summed E-state index contributed by atoms with van der Waals surface area (Å²) in [6, 6.07) is 11.7. The van der Waals surface area contributed by atoms with Crippen LogP contribution in [0.4, 0.5) is 5.69 Å². The maximum Gasteiger partial charge on any atom is 0.250 e. The standard InChI is InChI=1S/C18H23N3O3S2/c1-14-5-3-6-16(11-14)21-9-8-20(13-15(21)2)17(22)12-19-26(23,24)18-7-4-10-25-18/h3-7,10-11,15,19H,8-9,12-13H2,1-2H3. The van der Waals surface area contributed by atoms with Crippen molar-refractivity contribution < 1.29 is 13.2 Å². The first kappa shape index (κ1) is 18.9. The molecular weight excluding hydrogens is 370 g/mol. The molecule has 0 aliphatic carbocycles. The van der Waals surface area contributed by atoms with Crippen molar-refractivity contribution in [3.8, 4) is 0 Å². The van der Waals surface area contributed by atoms with Gasteiger partial charge < -0.3 is 9.80 Å². The Bertz CT molecular complexity index is 866. The molecule has 1 aromatic heterocycles. The summed E-state index contributed by atoms with van der Waals surface area (Å²) in [5.74, 6) is -0.194. The minimum atomic E-state index is -3.61. The van der Waals surface area contributed by atoms with Gasteiger partial charge in [-0.25, -0.2) is 13.1 Å². The first-order valence-corrected chi connectivity index (χ1v) is 10.9. The zero-order valence-electron chi connectivity index (χ0n) is 14.9. The quantitative estimate of drug-likeness (QED) is 0.844. The minimum Gasteiger partial charge on any atom is -0.365 e. The highest BCUT2D eigenvalue weighted by Crippen LogP contribution is 2.22. The second-order valence-corrected chi connectivity index (χ2v) is 9.42. The van der Waals surface area contributed by atoms with Gasteiger partial charge in [0.1, 0.15) is 4.21 Å². The van der Waals surface area contributed by atoms with Crippen molar-refractivity contribution in [1.29, 1.82) is 0 Å². The van der Waals surface area contributed by atoms with Crippen molar-refractivity contribution in [3.05, 3.63) is 47.3 Å². The number of rotatable bonds is 5. The van der Waals surface area contributed by atoms with Crippen LogP contribution < -0.4 is 9.62 Å². The SMILES string of the molecule is Cc1cccc(N2CCN(C(=O)CNS(=O)(=O)c3cccs3)CC2C)c1. The Morgan fingerprint density at radius 1 is 1.27 bits per heavy atom. The van der Waals surface area contributed by atoms with E-state index in [1.165, 1.54) is 11.6 Å². The van der Waals surface area contributed by atoms with Gasteiger partial charge in [0.15, 0.2) is 0 Å². The van der Waals surface area contributed by atoms with E-state index in [1.807, 2.05) is 6.07 Å². The van der Waals surface area contributed by atoms with E-state index in [0.717, 1.165) is 23.6 Å². The lowest BCUT2D eigenvalue weighted by Gasteiger charge is -2.41. The number of piperazine rings is 1. The molecule has 2 aromatic rings. The van der Waals surface area contributed by atoms with Crippen LogP contribution in [0.1, 0.15) is 12.5 Å². The molecule has 0 bridgehead atoms. The van der Waals surface area contributed by atoms with Gasteiger partial charge in [0, 0.05) is 31.4 Å². The molecule has 6 nitrogen and oxygen atoms in total. The lowest BCUT2D eigenvalue weighted by Crippen LogP contribution is -2.55. The molecule has 1 aliphatic rings. The zero-order valence-corrected chi connectivity index (χ0v) is 16.5. The van der Waals surface area contributed by atoms with Gasteiger partial charge in [-0.15, -0.1) is 11.3 Å². The van der Waals surface area contributed by atoms with Gasteiger partial charge in [-0.2, -0.15) is 0 Å². The molecule has 0 spiro atoms. The van der Waals surface area contributed by atoms with Gasteiger partial charge in [0.25, 0.3) is 10.0 Å². The maximum absolute atomic E-state index is 12.4. The van der Waals surface area contributed by atoms with Crippen molar-refractivity contribution in [2.24, 2.45) is 0 Å². The number of hydrogen-bond acceptors (Lipinski definition) is 5. The normalized spacial score (nSPS) is 18.2. The molecule has 2 heterocycles. The van der Waals surface area contributed by atoms with Crippen LogP contribution in [0.15, 0.2) is 46.0 Å². The zero-order chi connectivity index (χ0) is 18.7. The first-order chi connectivity index (χ1) is 12.4. The molecular formula is C18H23N3O3S2. The third-order valence-corrected chi connectivity index (χ3v) is 7.29. The number of amides is 1. The molecule has 1 atom stereocenters. The molecule has 1 fully saturated rings. The Hall–Kier alpha value is -1.90. The number of benzene rings is 1. The summed E-state index contributed by atoms with van der Waals surface area (Å²) < 4.78 is 26.9. The smallest absolute Gasteiger partial charge is 0.250 e. The third-order valence-electron chi connectivity index (χ3n) is 4.49. The number of nitrogens with one attached hydrogen (secondary N) is 1. The predicted octanol–water partition coefficient (Wildman–Crippen LogP) is 2.07. The Morgan fingerprint density at radius 2 is 2.08 bits per heavy atom. The Kier molecular flexibility index (Phi) is 5.64. The number of aryl methyl sites for hydroxylation is 1. The van der Waals surface area contributed by atoms with Crippen LogP contribution in [0.5, 0.6) is 0 Å². The van der Waals surface area contributed by atoms with Crippen molar-refractivity contribution in [3.63, 3.8) is 0 Å². The van der Waals surface area contributed by atoms with Gasteiger partial charge in [-0.1, -0.05) is 18.2 Å². The highest BCUT2D eigenvalue weighted by Gasteiger charge is 2.27. The van der Waals surface area contributed by atoms with Gasteiger partial charge >= 0.3 is 0 Å². The lowest BCUT2D eigenvalue weighted by atomic mass is 10.1. The van der Waals surface area contributed by atoms with Crippen LogP contribution in [0.3, 0.4) is 0 Å². The van der Waals surface area contributed by atoms with Crippen molar-refractivity contribution >= 4 is 33.0 Å². The number of carbonyl (C=O) groups is 1. The highest BCUT2D eigenvalue weighted by atomic mass is 32.2. The van der Waals surface area contributed by atoms with Crippen molar-refractivity contribution in [2.75, 3.05) is 31.1 Å². The largest absolute Gasteiger partial charge is 0.365 e. The fourth-order valence-electron chi connectivity index (χ4n) is 3.13. The number of thiophene rings is 1. The summed E-state index contributed by atoms with van der Waals surface area (Å²) >= 11 is 1.13. The second-order valence-electron chi connectivity index (χ2n) is 6.48. The molecule has 1 aromatic carbocycles. The topological polar surface area (TPSA) is 69.7 Å². The van der Waals surface area contributed by atoms with E-state index in [-0.39, 0.29) is 22.7 Å². The number of hydrogen-bond donors (Lipinski definition) is 1. The summed E-state index contributed by atoms with van der Waals surface area (Å²) in [6.45, 7) is 5.82. The molecule has 0 radical (unpaired) electrons. The van der Waals surface area contributed by atoms with E-state index in [9.17, 15) is 13.2 Å². The second kappa shape index (κ2) is 7.77. The average Bonchev–Trinajstić information content (AvgIpc) is 3.15. The Labute approximate surface area is 158 Å². The molecule has 8 heteroatoms. The van der Waals surface area contributed by atoms with E-state index in [2.05, 4.69) is 41.7 Å². The van der Waals surface area contributed by atoms with Crippen LogP contribution in [-0.2, 0) is 14.8 Å². The van der Waals surface area contributed by atoms with E-state index < -0.39 is 10.0 Å². The van der Waals surface area contributed by atoms with E-state index in [0.29, 0.717) is 13.1 Å². The number of anilines is 1. The van der Waals surface area contributed by atoms with Crippen LogP contribution >= 0.6 is 11.3 Å². The molecule has 1 saturated heterocycles.